The minimum absolute atomic E-state index is 0.404. The van der Waals surface area contributed by atoms with Gasteiger partial charge in [0.1, 0.15) is 4.33 Å². The topological polar surface area (TPSA) is 0 Å². The molecule has 0 aromatic rings. The molecule has 1 aliphatic carbocycles. The van der Waals surface area contributed by atoms with Gasteiger partial charge >= 0.3 is 0 Å². The van der Waals surface area contributed by atoms with E-state index in [1.807, 2.05) is 0 Å². The highest BCUT2D eigenvalue weighted by Gasteiger charge is 2.31. The predicted molar refractivity (Wildman–Crippen MR) is 46.7 cm³/mol. The van der Waals surface area contributed by atoms with Crippen molar-refractivity contribution >= 4 is 23.2 Å². The maximum Gasteiger partial charge on any atom is 0.118 e. The van der Waals surface area contributed by atoms with Crippen molar-refractivity contribution in [2.75, 3.05) is 0 Å². The number of rotatable bonds is 1. The van der Waals surface area contributed by atoms with Gasteiger partial charge in [-0.15, -0.1) is 23.2 Å². The summed E-state index contributed by atoms with van der Waals surface area (Å²) in [5.41, 5.74) is 0. The first-order chi connectivity index (χ1) is 4.64. The summed E-state index contributed by atoms with van der Waals surface area (Å²) in [6, 6.07) is 0. The smallest absolute Gasteiger partial charge is 0.102 e. The average molecular weight is 181 g/mol. The molecule has 0 aromatic carbocycles. The molecule has 1 fully saturated rings. The maximum absolute atomic E-state index is 6.01. The molecular formula is C8H14Cl2. The predicted octanol–water partition coefficient (Wildman–Crippen LogP) is 3.76. The molecule has 0 aliphatic heterocycles. The van der Waals surface area contributed by atoms with E-state index in [4.69, 9.17) is 23.2 Å². The molecule has 10 heavy (non-hydrogen) atoms. The Balaban J connectivity index is 2.40. The average Bonchev–Trinajstić information content (AvgIpc) is 1.86. The molecule has 1 aliphatic rings. The van der Waals surface area contributed by atoms with Gasteiger partial charge in [0.25, 0.3) is 0 Å². The van der Waals surface area contributed by atoms with Crippen LogP contribution in [-0.2, 0) is 0 Å². The Kier molecular flexibility index (Phi) is 2.88. The van der Waals surface area contributed by atoms with Gasteiger partial charge in [0, 0.05) is 0 Å². The molecule has 2 heteroatoms. The van der Waals surface area contributed by atoms with Gasteiger partial charge in [0.15, 0.2) is 0 Å². The van der Waals surface area contributed by atoms with Gasteiger partial charge in [-0.05, 0) is 18.8 Å². The molecule has 0 bridgehead atoms. The van der Waals surface area contributed by atoms with E-state index < -0.39 is 4.33 Å². The molecule has 0 saturated heterocycles. The van der Waals surface area contributed by atoms with Crippen LogP contribution in [0.25, 0.3) is 0 Å². The lowest BCUT2D eigenvalue weighted by Crippen LogP contribution is -2.23. The highest BCUT2D eigenvalue weighted by molar-refractivity contribution is 6.48. The van der Waals surface area contributed by atoms with Crippen molar-refractivity contribution in [2.45, 2.75) is 43.4 Å². The zero-order valence-electron chi connectivity index (χ0n) is 6.37. The molecule has 0 radical (unpaired) electrons. The summed E-state index contributed by atoms with van der Waals surface area (Å²) in [6.45, 7) is 2.21. The fourth-order valence-electron chi connectivity index (χ4n) is 1.62. The van der Waals surface area contributed by atoms with Crippen molar-refractivity contribution < 1.29 is 0 Å². The third-order valence-corrected chi connectivity index (χ3v) is 3.01. The van der Waals surface area contributed by atoms with E-state index in [1.54, 1.807) is 0 Å². The Morgan fingerprint density at radius 2 is 2.20 bits per heavy atom. The van der Waals surface area contributed by atoms with Gasteiger partial charge in [-0.2, -0.15) is 0 Å². The molecule has 0 N–H and O–H groups in total. The number of alkyl halides is 2. The summed E-state index contributed by atoms with van der Waals surface area (Å²) >= 11 is 12.0. The summed E-state index contributed by atoms with van der Waals surface area (Å²) in [5, 5.41) is 0. The number of hydrogen-bond acceptors (Lipinski definition) is 0. The van der Waals surface area contributed by atoms with Crippen LogP contribution in [0.1, 0.15) is 39.0 Å². The minimum atomic E-state index is -0.404. The van der Waals surface area contributed by atoms with Crippen molar-refractivity contribution in [3.05, 3.63) is 0 Å². The number of hydrogen-bond donors (Lipinski definition) is 0. The van der Waals surface area contributed by atoms with Crippen LogP contribution in [0.2, 0.25) is 0 Å². The lowest BCUT2D eigenvalue weighted by Gasteiger charge is -2.30. The molecule has 1 unspecified atom stereocenters. The molecule has 60 valence electrons. The van der Waals surface area contributed by atoms with Gasteiger partial charge in [0.2, 0.25) is 0 Å². The second-order valence-electron chi connectivity index (χ2n) is 3.23. The molecule has 0 nitrogen and oxygen atoms in total. The van der Waals surface area contributed by atoms with Crippen LogP contribution < -0.4 is 0 Å². The lowest BCUT2D eigenvalue weighted by molar-refractivity contribution is 0.335. The minimum Gasteiger partial charge on any atom is -0.102 e. The van der Waals surface area contributed by atoms with Crippen LogP contribution in [0.3, 0.4) is 0 Å². The van der Waals surface area contributed by atoms with Gasteiger partial charge in [-0.1, -0.05) is 26.2 Å². The van der Waals surface area contributed by atoms with Crippen LogP contribution >= 0.6 is 23.2 Å². The quantitative estimate of drug-likeness (QED) is 0.540. The molecule has 1 atom stereocenters. The monoisotopic (exact) mass is 180 g/mol. The first-order valence-corrected chi connectivity index (χ1v) is 4.77. The second-order valence-corrected chi connectivity index (χ2v) is 4.87. The Labute approximate surface area is 72.9 Å². The van der Waals surface area contributed by atoms with Crippen molar-refractivity contribution in [3.63, 3.8) is 0 Å². The highest BCUT2D eigenvalue weighted by atomic mass is 35.5. The van der Waals surface area contributed by atoms with Crippen molar-refractivity contribution in [1.29, 1.82) is 0 Å². The molecule has 1 rings (SSSR count). The summed E-state index contributed by atoms with van der Waals surface area (Å²) < 4.78 is -0.404. The zero-order chi connectivity index (χ0) is 7.61. The molecule has 0 aromatic heterocycles. The standard InChI is InChI=1S/C8H14Cl2/c1-2-7-4-3-5-8(9,10)6-7/h7H,2-6H2,1H3. The maximum atomic E-state index is 6.01. The van der Waals surface area contributed by atoms with Crippen molar-refractivity contribution in [1.82, 2.24) is 0 Å². The number of halogens is 2. The Morgan fingerprint density at radius 3 is 2.60 bits per heavy atom. The molecule has 0 amide bonds. The van der Waals surface area contributed by atoms with Crippen molar-refractivity contribution in [2.24, 2.45) is 5.92 Å². The van der Waals surface area contributed by atoms with Crippen LogP contribution in [0.15, 0.2) is 0 Å². The Morgan fingerprint density at radius 1 is 1.50 bits per heavy atom. The van der Waals surface area contributed by atoms with Crippen LogP contribution in [0.5, 0.6) is 0 Å². The van der Waals surface area contributed by atoms with E-state index in [0.29, 0.717) is 0 Å². The molecule has 0 heterocycles. The summed E-state index contributed by atoms with van der Waals surface area (Å²) in [4.78, 5) is 0. The normalized spacial score (nSPS) is 32.1. The van der Waals surface area contributed by atoms with E-state index in [-0.39, 0.29) is 0 Å². The molecule has 0 spiro atoms. The van der Waals surface area contributed by atoms with Crippen LogP contribution in [-0.4, -0.2) is 4.33 Å². The fourth-order valence-corrected chi connectivity index (χ4v) is 2.33. The largest absolute Gasteiger partial charge is 0.118 e. The van der Waals surface area contributed by atoms with Gasteiger partial charge in [0.05, 0.1) is 0 Å². The summed E-state index contributed by atoms with van der Waals surface area (Å²) in [6.07, 6.45) is 5.71. The third kappa shape index (κ3) is 2.32. The van der Waals surface area contributed by atoms with Gasteiger partial charge in [-0.25, -0.2) is 0 Å². The fraction of sp³-hybridized carbons (Fsp3) is 1.00. The van der Waals surface area contributed by atoms with Crippen LogP contribution in [0.4, 0.5) is 0 Å². The van der Waals surface area contributed by atoms with E-state index in [9.17, 15) is 0 Å². The molecule has 1 saturated carbocycles. The second kappa shape index (κ2) is 3.32. The van der Waals surface area contributed by atoms with Gasteiger partial charge < -0.3 is 0 Å². The van der Waals surface area contributed by atoms with E-state index in [1.165, 1.54) is 19.3 Å². The zero-order valence-corrected chi connectivity index (χ0v) is 7.88. The molecular weight excluding hydrogens is 167 g/mol. The lowest BCUT2D eigenvalue weighted by atomic mass is 9.87. The van der Waals surface area contributed by atoms with Crippen molar-refractivity contribution in [3.8, 4) is 0 Å². The van der Waals surface area contributed by atoms with E-state index >= 15 is 0 Å². The van der Waals surface area contributed by atoms with E-state index in [0.717, 1.165) is 18.8 Å². The highest BCUT2D eigenvalue weighted by Crippen LogP contribution is 2.41. The Bertz CT molecular complexity index is 110. The first kappa shape index (κ1) is 8.67. The summed E-state index contributed by atoms with van der Waals surface area (Å²) in [5.74, 6) is 0.767. The first-order valence-electron chi connectivity index (χ1n) is 4.02. The third-order valence-electron chi connectivity index (χ3n) is 2.32. The Hall–Kier alpha value is 0.580. The van der Waals surface area contributed by atoms with Crippen LogP contribution in [0, 0.1) is 5.92 Å². The van der Waals surface area contributed by atoms with Gasteiger partial charge in [-0.3, -0.25) is 0 Å². The summed E-state index contributed by atoms with van der Waals surface area (Å²) in [7, 11) is 0. The SMILES string of the molecule is CCC1CCCC(Cl)(Cl)C1. The van der Waals surface area contributed by atoms with E-state index in [2.05, 4.69) is 6.92 Å².